The van der Waals surface area contributed by atoms with E-state index in [-0.39, 0.29) is 11.6 Å². The van der Waals surface area contributed by atoms with Crippen LogP contribution in [0, 0.1) is 11.3 Å². The van der Waals surface area contributed by atoms with Gasteiger partial charge in [-0.3, -0.25) is 0 Å². The Morgan fingerprint density at radius 3 is 2.86 bits per heavy atom. The third-order valence-electron chi connectivity index (χ3n) is 1.76. The molecule has 1 aromatic carbocycles. The molecule has 14 heavy (non-hydrogen) atoms. The number of benzene rings is 1. The molecule has 5 heteroatoms. The number of para-hydroxylation sites is 2. The van der Waals surface area contributed by atoms with Crippen molar-refractivity contribution in [3.8, 4) is 17.5 Å². The average molecular weight is 186 g/mol. The molecule has 68 valence electrons. The summed E-state index contributed by atoms with van der Waals surface area (Å²) in [5.41, 5.74) is 0.446. The van der Waals surface area contributed by atoms with Gasteiger partial charge in [-0.05, 0) is 12.1 Å². The number of nitriles is 1. The van der Waals surface area contributed by atoms with E-state index >= 15 is 0 Å². The first-order chi connectivity index (χ1) is 6.83. The molecule has 0 radical (unpaired) electrons. The molecule has 5 nitrogen and oxygen atoms in total. The Morgan fingerprint density at radius 2 is 2.14 bits per heavy atom. The maximum absolute atomic E-state index is 9.50. The van der Waals surface area contributed by atoms with E-state index in [1.165, 1.54) is 17.1 Å². The molecule has 0 fully saturated rings. The predicted molar refractivity (Wildman–Crippen MR) is 47.7 cm³/mol. The summed E-state index contributed by atoms with van der Waals surface area (Å²) in [6.45, 7) is 0. The summed E-state index contributed by atoms with van der Waals surface area (Å²) < 4.78 is 1.29. The Kier molecular flexibility index (Phi) is 1.88. The molecule has 2 rings (SSSR count). The van der Waals surface area contributed by atoms with Crippen molar-refractivity contribution in [1.82, 2.24) is 14.8 Å². The van der Waals surface area contributed by atoms with E-state index in [0.717, 1.165) is 0 Å². The standard InChI is InChI=1S/C9H6N4O/c10-5-9-11-6-12-13(9)7-3-1-2-4-8(7)14/h1-4,6,14H. The fraction of sp³-hybridized carbons (Fsp3) is 0. The largest absolute Gasteiger partial charge is 0.506 e. The van der Waals surface area contributed by atoms with Crippen molar-refractivity contribution < 1.29 is 5.11 Å². The number of phenols is 1. The highest BCUT2D eigenvalue weighted by atomic mass is 16.3. The Balaban J connectivity index is 2.62. The van der Waals surface area contributed by atoms with Gasteiger partial charge >= 0.3 is 0 Å². The molecule has 0 saturated carbocycles. The SMILES string of the molecule is N#Cc1ncnn1-c1ccccc1O. The van der Waals surface area contributed by atoms with E-state index in [9.17, 15) is 5.11 Å². The van der Waals surface area contributed by atoms with Crippen molar-refractivity contribution in [3.63, 3.8) is 0 Å². The van der Waals surface area contributed by atoms with Gasteiger partial charge in [-0.25, -0.2) is 9.67 Å². The first-order valence-corrected chi connectivity index (χ1v) is 3.91. The Bertz CT molecular complexity index is 498. The molecule has 0 saturated heterocycles. The summed E-state index contributed by atoms with van der Waals surface area (Å²) >= 11 is 0. The summed E-state index contributed by atoms with van der Waals surface area (Å²) in [6.07, 6.45) is 1.27. The van der Waals surface area contributed by atoms with Gasteiger partial charge in [0.05, 0.1) is 0 Å². The molecular weight excluding hydrogens is 180 g/mol. The average Bonchev–Trinajstić information content (AvgIpc) is 2.66. The molecule has 0 bridgehead atoms. The van der Waals surface area contributed by atoms with Crippen LogP contribution >= 0.6 is 0 Å². The van der Waals surface area contributed by atoms with Gasteiger partial charge in [-0.15, -0.1) is 0 Å². The van der Waals surface area contributed by atoms with Crippen LogP contribution in [0.15, 0.2) is 30.6 Å². The number of rotatable bonds is 1. The lowest BCUT2D eigenvalue weighted by molar-refractivity contribution is 0.470. The summed E-state index contributed by atoms with van der Waals surface area (Å²) in [5.74, 6) is 0.209. The summed E-state index contributed by atoms with van der Waals surface area (Å²) in [7, 11) is 0. The number of aromatic nitrogens is 3. The van der Waals surface area contributed by atoms with Crippen LogP contribution in [0.5, 0.6) is 5.75 Å². The van der Waals surface area contributed by atoms with E-state index in [1.54, 1.807) is 18.2 Å². The van der Waals surface area contributed by atoms with Crippen molar-refractivity contribution in [1.29, 1.82) is 5.26 Å². The van der Waals surface area contributed by atoms with Crippen LogP contribution in [0.1, 0.15) is 5.82 Å². The highest BCUT2D eigenvalue weighted by Crippen LogP contribution is 2.20. The maximum Gasteiger partial charge on any atom is 0.235 e. The Hall–Kier alpha value is -2.35. The minimum atomic E-state index is 0.0644. The molecule has 0 spiro atoms. The van der Waals surface area contributed by atoms with Crippen LogP contribution in [0.2, 0.25) is 0 Å². The van der Waals surface area contributed by atoms with E-state index in [1.807, 2.05) is 6.07 Å². The fourth-order valence-electron chi connectivity index (χ4n) is 1.14. The zero-order valence-corrected chi connectivity index (χ0v) is 7.12. The lowest BCUT2D eigenvalue weighted by atomic mass is 10.3. The Labute approximate surface area is 79.9 Å². The topological polar surface area (TPSA) is 74.7 Å². The monoisotopic (exact) mass is 186 g/mol. The first-order valence-electron chi connectivity index (χ1n) is 3.91. The summed E-state index contributed by atoms with van der Waals surface area (Å²) in [5, 5.41) is 22.0. The fourth-order valence-corrected chi connectivity index (χ4v) is 1.14. The van der Waals surface area contributed by atoms with E-state index < -0.39 is 0 Å². The molecule has 0 aliphatic rings. The van der Waals surface area contributed by atoms with Gasteiger partial charge in [0, 0.05) is 0 Å². The highest BCUT2D eigenvalue weighted by molar-refractivity contribution is 5.46. The minimum Gasteiger partial charge on any atom is -0.506 e. The molecular formula is C9H6N4O. The normalized spacial score (nSPS) is 9.64. The van der Waals surface area contributed by atoms with Gasteiger partial charge in [-0.1, -0.05) is 12.1 Å². The summed E-state index contributed by atoms with van der Waals surface area (Å²) in [4.78, 5) is 3.73. The highest BCUT2D eigenvalue weighted by Gasteiger charge is 2.08. The number of hydrogen-bond donors (Lipinski definition) is 1. The van der Waals surface area contributed by atoms with Crippen LogP contribution in [-0.4, -0.2) is 19.9 Å². The molecule has 0 unspecified atom stereocenters. The van der Waals surface area contributed by atoms with Crippen molar-refractivity contribution in [3.05, 3.63) is 36.4 Å². The molecule has 1 N–H and O–H groups in total. The molecule has 0 aliphatic heterocycles. The zero-order valence-electron chi connectivity index (χ0n) is 7.12. The van der Waals surface area contributed by atoms with Gasteiger partial charge in [-0.2, -0.15) is 10.4 Å². The number of hydrogen-bond acceptors (Lipinski definition) is 4. The third-order valence-corrected chi connectivity index (χ3v) is 1.76. The van der Waals surface area contributed by atoms with Crippen molar-refractivity contribution >= 4 is 0 Å². The van der Waals surface area contributed by atoms with Crippen LogP contribution in [-0.2, 0) is 0 Å². The second-order valence-electron chi connectivity index (χ2n) is 2.60. The van der Waals surface area contributed by atoms with Crippen LogP contribution in [0.4, 0.5) is 0 Å². The molecule has 1 aromatic heterocycles. The molecule has 0 amide bonds. The van der Waals surface area contributed by atoms with Crippen molar-refractivity contribution in [2.45, 2.75) is 0 Å². The first kappa shape index (κ1) is 8.26. The van der Waals surface area contributed by atoms with E-state index in [0.29, 0.717) is 5.69 Å². The van der Waals surface area contributed by atoms with Gasteiger partial charge in [0.15, 0.2) is 0 Å². The third kappa shape index (κ3) is 1.19. The van der Waals surface area contributed by atoms with Gasteiger partial charge in [0.2, 0.25) is 5.82 Å². The second-order valence-corrected chi connectivity index (χ2v) is 2.60. The zero-order chi connectivity index (χ0) is 9.97. The smallest absolute Gasteiger partial charge is 0.235 e. The number of aromatic hydroxyl groups is 1. The van der Waals surface area contributed by atoms with Crippen molar-refractivity contribution in [2.24, 2.45) is 0 Å². The van der Waals surface area contributed by atoms with Crippen LogP contribution < -0.4 is 0 Å². The Morgan fingerprint density at radius 1 is 1.36 bits per heavy atom. The van der Waals surface area contributed by atoms with Gasteiger partial charge in [0.1, 0.15) is 23.8 Å². The summed E-state index contributed by atoms with van der Waals surface area (Å²) in [6, 6.07) is 8.51. The minimum absolute atomic E-state index is 0.0644. The molecule has 0 atom stereocenters. The quantitative estimate of drug-likeness (QED) is 0.716. The number of phenolic OH excluding ortho intramolecular Hbond substituents is 1. The van der Waals surface area contributed by atoms with Crippen molar-refractivity contribution in [2.75, 3.05) is 0 Å². The lowest BCUT2D eigenvalue weighted by Gasteiger charge is -2.02. The van der Waals surface area contributed by atoms with Gasteiger partial charge < -0.3 is 5.11 Å². The van der Waals surface area contributed by atoms with Crippen LogP contribution in [0.25, 0.3) is 5.69 Å². The second kappa shape index (κ2) is 3.18. The molecule has 1 heterocycles. The van der Waals surface area contributed by atoms with E-state index in [2.05, 4.69) is 10.1 Å². The molecule has 0 aliphatic carbocycles. The molecule has 2 aromatic rings. The van der Waals surface area contributed by atoms with Crippen LogP contribution in [0.3, 0.4) is 0 Å². The van der Waals surface area contributed by atoms with Gasteiger partial charge in [0.25, 0.3) is 0 Å². The lowest BCUT2D eigenvalue weighted by Crippen LogP contribution is -1.99. The van der Waals surface area contributed by atoms with E-state index in [4.69, 9.17) is 5.26 Å². The maximum atomic E-state index is 9.50. The number of nitrogens with zero attached hydrogens (tertiary/aromatic N) is 4. The predicted octanol–water partition coefficient (Wildman–Crippen LogP) is 0.845.